The number of alkyl halides is 3. The lowest BCUT2D eigenvalue weighted by molar-refractivity contribution is -0.171. The topological polar surface area (TPSA) is 49.4 Å². The molecule has 1 aliphatic carbocycles. The lowest BCUT2D eigenvalue weighted by atomic mass is 9.95. The highest BCUT2D eigenvalue weighted by molar-refractivity contribution is 7.10. The van der Waals surface area contributed by atoms with Crippen LogP contribution in [0.15, 0.2) is 41.8 Å². The standard InChI is InChI=1S/C20H20F4N2O2S/c21-14-9-4-5-10-15(14)26(19(28)20(22,23)24)17(16-11-6-12-29-16)18(27)25-13-7-2-1-3-8-13/h4-6,9-13,17H,1-3,7-8H2,(H,25,27)/t17-/m0/s1. The van der Waals surface area contributed by atoms with Crippen molar-refractivity contribution in [2.45, 2.75) is 50.4 Å². The molecule has 4 nitrogen and oxygen atoms in total. The average molecular weight is 428 g/mol. The van der Waals surface area contributed by atoms with Gasteiger partial charge in [-0.1, -0.05) is 37.5 Å². The van der Waals surface area contributed by atoms with Crippen LogP contribution >= 0.6 is 11.3 Å². The van der Waals surface area contributed by atoms with Crippen LogP contribution in [0.5, 0.6) is 0 Å². The molecular weight excluding hydrogens is 408 g/mol. The highest BCUT2D eigenvalue weighted by atomic mass is 32.1. The van der Waals surface area contributed by atoms with Gasteiger partial charge in [-0.2, -0.15) is 13.2 Å². The number of carbonyl (C=O) groups excluding carboxylic acids is 2. The van der Waals surface area contributed by atoms with Gasteiger partial charge >= 0.3 is 12.1 Å². The van der Waals surface area contributed by atoms with E-state index >= 15 is 0 Å². The molecule has 0 spiro atoms. The summed E-state index contributed by atoms with van der Waals surface area (Å²) in [6.07, 6.45) is -0.983. The molecule has 3 rings (SSSR count). The molecule has 29 heavy (non-hydrogen) atoms. The first-order valence-electron chi connectivity index (χ1n) is 9.27. The summed E-state index contributed by atoms with van der Waals surface area (Å²) >= 11 is 1.03. The van der Waals surface area contributed by atoms with E-state index in [2.05, 4.69) is 5.32 Å². The van der Waals surface area contributed by atoms with Crippen LogP contribution in [0.1, 0.15) is 43.0 Å². The van der Waals surface area contributed by atoms with E-state index in [1.54, 1.807) is 11.4 Å². The summed E-state index contributed by atoms with van der Waals surface area (Å²) in [4.78, 5) is 25.8. The van der Waals surface area contributed by atoms with Gasteiger partial charge in [0, 0.05) is 10.9 Å². The third-order valence-electron chi connectivity index (χ3n) is 4.84. The van der Waals surface area contributed by atoms with Crippen molar-refractivity contribution >= 4 is 28.8 Å². The number of rotatable bonds is 5. The minimum atomic E-state index is -5.27. The highest BCUT2D eigenvalue weighted by Crippen LogP contribution is 2.36. The van der Waals surface area contributed by atoms with Gasteiger partial charge < -0.3 is 5.32 Å². The summed E-state index contributed by atoms with van der Waals surface area (Å²) in [6, 6.07) is 5.87. The van der Waals surface area contributed by atoms with Gasteiger partial charge in [-0.15, -0.1) is 11.3 Å². The molecule has 1 aromatic heterocycles. The van der Waals surface area contributed by atoms with Crippen molar-refractivity contribution in [2.24, 2.45) is 0 Å². The van der Waals surface area contributed by atoms with Crippen molar-refractivity contribution < 1.29 is 27.2 Å². The SMILES string of the molecule is O=C(NC1CCCCC1)[C@H](c1cccs1)N(C(=O)C(F)(F)F)c1ccccc1F. The predicted octanol–water partition coefficient (Wildman–Crippen LogP) is 4.97. The Morgan fingerprint density at radius 3 is 2.34 bits per heavy atom. The Kier molecular flexibility index (Phi) is 6.56. The first-order chi connectivity index (χ1) is 13.8. The van der Waals surface area contributed by atoms with Gasteiger partial charge in [0.1, 0.15) is 5.82 Å². The van der Waals surface area contributed by atoms with Crippen LogP contribution in [0.3, 0.4) is 0 Å². The van der Waals surface area contributed by atoms with Crippen LogP contribution < -0.4 is 10.2 Å². The molecule has 1 aliphatic rings. The molecule has 1 saturated carbocycles. The largest absolute Gasteiger partial charge is 0.471 e. The molecule has 1 N–H and O–H groups in total. The van der Waals surface area contributed by atoms with E-state index in [0.717, 1.165) is 55.6 Å². The van der Waals surface area contributed by atoms with Crippen LogP contribution in [-0.2, 0) is 9.59 Å². The molecule has 2 aromatic rings. The van der Waals surface area contributed by atoms with Crippen molar-refractivity contribution in [1.29, 1.82) is 0 Å². The van der Waals surface area contributed by atoms with Gasteiger partial charge in [-0.05, 0) is 36.4 Å². The van der Waals surface area contributed by atoms with E-state index in [9.17, 15) is 27.2 Å². The van der Waals surface area contributed by atoms with Gasteiger partial charge in [0.05, 0.1) is 5.69 Å². The maximum absolute atomic E-state index is 14.4. The Bertz CT molecular complexity index is 848. The van der Waals surface area contributed by atoms with Gasteiger partial charge in [-0.3, -0.25) is 14.5 Å². The third-order valence-corrected chi connectivity index (χ3v) is 5.77. The Morgan fingerprint density at radius 2 is 1.76 bits per heavy atom. The summed E-state index contributed by atoms with van der Waals surface area (Å²) in [6.45, 7) is 0. The normalized spacial score (nSPS) is 16.3. The number of nitrogens with zero attached hydrogens (tertiary/aromatic N) is 1. The summed E-state index contributed by atoms with van der Waals surface area (Å²) in [5.74, 6) is -4.06. The molecule has 1 atom stereocenters. The predicted molar refractivity (Wildman–Crippen MR) is 102 cm³/mol. The van der Waals surface area contributed by atoms with E-state index in [0.29, 0.717) is 0 Å². The van der Waals surface area contributed by atoms with Crippen molar-refractivity contribution in [3.8, 4) is 0 Å². The summed E-state index contributed by atoms with van der Waals surface area (Å²) < 4.78 is 54.6. The van der Waals surface area contributed by atoms with Gasteiger partial charge in [0.15, 0.2) is 6.04 Å². The van der Waals surface area contributed by atoms with Crippen molar-refractivity contribution in [2.75, 3.05) is 4.90 Å². The number of amides is 2. The zero-order valence-electron chi connectivity index (χ0n) is 15.4. The molecule has 1 heterocycles. The van der Waals surface area contributed by atoms with Crippen molar-refractivity contribution in [3.05, 3.63) is 52.5 Å². The first kappa shape index (κ1) is 21.3. The second kappa shape index (κ2) is 8.94. The number of nitrogens with one attached hydrogen (secondary N) is 1. The lowest BCUT2D eigenvalue weighted by Crippen LogP contribution is -2.50. The number of carbonyl (C=O) groups is 2. The second-order valence-corrected chi connectivity index (χ2v) is 7.87. The molecular formula is C20H20F4N2O2S. The molecule has 0 radical (unpaired) electrons. The minimum Gasteiger partial charge on any atom is -0.351 e. The molecule has 156 valence electrons. The van der Waals surface area contributed by atoms with E-state index in [4.69, 9.17) is 0 Å². The Hall–Kier alpha value is -2.42. The fourth-order valence-corrected chi connectivity index (χ4v) is 4.31. The minimum absolute atomic E-state index is 0.179. The zero-order chi connectivity index (χ0) is 21.0. The number of thiophene rings is 1. The van der Waals surface area contributed by atoms with Gasteiger partial charge in [-0.25, -0.2) is 4.39 Å². The Morgan fingerprint density at radius 1 is 1.07 bits per heavy atom. The fourth-order valence-electron chi connectivity index (χ4n) is 3.50. The highest BCUT2D eigenvalue weighted by Gasteiger charge is 2.48. The summed E-state index contributed by atoms with van der Waals surface area (Å²) in [7, 11) is 0. The zero-order valence-corrected chi connectivity index (χ0v) is 16.2. The molecule has 0 unspecified atom stereocenters. The Balaban J connectivity index is 2.04. The number of para-hydroxylation sites is 1. The maximum Gasteiger partial charge on any atom is 0.471 e. The van der Waals surface area contributed by atoms with Gasteiger partial charge in [0.2, 0.25) is 5.91 Å². The van der Waals surface area contributed by atoms with E-state index in [1.165, 1.54) is 18.2 Å². The van der Waals surface area contributed by atoms with Crippen molar-refractivity contribution in [1.82, 2.24) is 5.32 Å². The van der Waals surface area contributed by atoms with Crippen LogP contribution in [0.25, 0.3) is 0 Å². The summed E-state index contributed by atoms with van der Waals surface area (Å²) in [5, 5.41) is 4.36. The third kappa shape index (κ3) is 4.95. The molecule has 0 saturated heterocycles. The van der Waals surface area contributed by atoms with Crippen LogP contribution in [0, 0.1) is 5.82 Å². The average Bonchev–Trinajstić information content (AvgIpc) is 3.20. The maximum atomic E-state index is 14.4. The van der Waals surface area contributed by atoms with Gasteiger partial charge in [0.25, 0.3) is 0 Å². The molecule has 1 aromatic carbocycles. The van der Waals surface area contributed by atoms with Crippen LogP contribution in [0.2, 0.25) is 0 Å². The molecule has 1 fully saturated rings. The molecule has 0 bridgehead atoms. The lowest BCUT2D eigenvalue weighted by Gasteiger charge is -2.33. The number of benzene rings is 1. The monoisotopic (exact) mass is 428 g/mol. The van der Waals surface area contributed by atoms with Crippen LogP contribution in [0.4, 0.5) is 23.2 Å². The molecule has 9 heteroatoms. The molecule has 2 amide bonds. The summed E-state index contributed by atoms with van der Waals surface area (Å²) in [5.41, 5.74) is -0.591. The number of anilines is 1. The number of halogens is 4. The number of hydrogen-bond donors (Lipinski definition) is 1. The second-order valence-electron chi connectivity index (χ2n) is 6.89. The van der Waals surface area contributed by atoms with E-state index in [1.807, 2.05) is 0 Å². The first-order valence-corrected chi connectivity index (χ1v) is 10.2. The number of hydrogen-bond acceptors (Lipinski definition) is 3. The quantitative estimate of drug-likeness (QED) is 0.684. The fraction of sp³-hybridized carbons (Fsp3) is 0.400. The van der Waals surface area contributed by atoms with Crippen LogP contribution in [-0.4, -0.2) is 24.0 Å². The van der Waals surface area contributed by atoms with E-state index < -0.39 is 35.5 Å². The molecule has 0 aliphatic heterocycles. The van der Waals surface area contributed by atoms with E-state index in [-0.39, 0.29) is 15.8 Å². The smallest absolute Gasteiger partial charge is 0.351 e. The van der Waals surface area contributed by atoms with Crippen molar-refractivity contribution in [3.63, 3.8) is 0 Å². The Labute approximate surface area is 169 Å².